The number of rotatable bonds is 5. The summed E-state index contributed by atoms with van der Waals surface area (Å²) in [5.41, 5.74) is 0.812. The van der Waals surface area contributed by atoms with Gasteiger partial charge in [-0.25, -0.2) is 0 Å². The Morgan fingerprint density at radius 2 is 2.28 bits per heavy atom. The minimum Gasteiger partial charge on any atom is -0.484 e. The number of ether oxygens (including phenoxy) is 1. The van der Waals surface area contributed by atoms with Crippen LogP contribution in [0.4, 0.5) is 0 Å². The Labute approximate surface area is 105 Å². The van der Waals surface area contributed by atoms with Crippen LogP contribution < -0.4 is 4.74 Å². The quantitative estimate of drug-likeness (QED) is 0.879. The van der Waals surface area contributed by atoms with Crippen molar-refractivity contribution in [1.82, 2.24) is 10.1 Å². The molecule has 0 spiro atoms. The number of aromatic nitrogens is 2. The summed E-state index contributed by atoms with van der Waals surface area (Å²) >= 11 is 0. The molecule has 0 bridgehead atoms. The van der Waals surface area contributed by atoms with Crippen LogP contribution in [0.5, 0.6) is 5.75 Å². The fourth-order valence-corrected chi connectivity index (χ4v) is 1.50. The molecule has 1 aromatic heterocycles. The third kappa shape index (κ3) is 3.07. The predicted molar refractivity (Wildman–Crippen MR) is 65.1 cm³/mol. The van der Waals surface area contributed by atoms with Gasteiger partial charge in [-0.1, -0.05) is 24.2 Å². The third-order valence-electron chi connectivity index (χ3n) is 2.53. The van der Waals surface area contributed by atoms with E-state index >= 15 is 0 Å². The van der Waals surface area contributed by atoms with Gasteiger partial charge in [0.2, 0.25) is 0 Å². The first-order chi connectivity index (χ1) is 8.69. The Morgan fingerprint density at radius 3 is 2.94 bits per heavy atom. The zero-order chi connectivity index (χ0) is 13.0. The Morgan fingerprint density at radius 1 is 1.44 bits per heavy atom. The van der Waals surface area contributed by atoms with Crippen molar-refractivity contribution < 1.29 is 14.4 Å². The molecule has 96 valence electrons. The molecule has 0 unspecified atom stereocenters. The zero-order valence-corrected chi connectivity index (χ0v) is 10.5. The van der Waals surface area contributed by atoms with Crippen LogP contribution in [0.25, 0.3) is 0 Å². The molecule has 5 nitrogen and oxygen atoms in total. The van der Waals surface area contributed by atoms with Gasteiger partial charge in [-0.05, 0) is 24.6 Å². The first-order valence-corrected chi connectivity index (χ1v) is 5.91. The largest absolute Gasteiger partial charge is 0.484 e. The molecule has 1 aromatic carbocycles. The molecule has 1 heterocycles. The van der Waals surface area contributed by atoms with Crippen molar-refractivity contribution in [2.24, 2.45) is 0 Å². The first-order valence-electron chi connectivity index (χ1n) is 5.91. The average molecular weight is 248 g/mol. The number of aliphatic hydroxyl groups excluding tert-OH is 1. The number of aryl methyl sites for hydroxylation is 1. The minimum atomic E-state index is -0.511. The second-order valence-corrected chi connectivity index (χ2v) is 4.00. The number of hydrogen-bond donors (Lipinski definition) is 1. The van der Waals surface area contributed by atoms with Crippen molar-refractivity contribution in [1.29, 1.82) is 0 Å². The molecule has 5 heteroatoms. The van der Waals surface area contributed by atoms with E-state index in [1.165, 1.54) is 0 Å². The highest BCUT2D eigenvalue weighted by Gasteiger charge is 2.06. The lowest BCUT2D eigenvalue weighted by atomic mass is 10.1. The van der Waals surface area contributed by atoms with Crippen LogP contribution in [0.15, 0.2) is 28.8 Å². The van der Waals surface area contributed by atoms with Crippen LogP contribution in [0, 0.1) is 0 Å². The summed E-state index contributed by atoms with van der Waals surface area (Å²) in [5, 5.41) is 13.3. The second kappa shape index (κ2) is 5.64. The maximum absolute atomic E-state index is 9.47. The molecule has 2 rings (SSSR count). The lowest BCUT2D eigenvalue weighted by Gasteiger charge is -2.07. The molecule has 2 aromatic rings. The van der Waals surface area contributed by atoms with Gasteiger partial charge < -0.3 is 14.4 Å². The van der Waals surface area contributed by atoms with Crippen molar-refractivity contribution >= 4 is 0 Å². The highest BCUT2D eigenvalue weighted by atomic mass is 16.5. The van der Waals surface area contributed by atoms with Gasteiger partial charge in [-0.15, -0.1) is 0 Å². The molecular formula is C13H16N2O3. The molecule has 0 radical (unpaired) electrons. The van der Waals surface area contributed by atoms with Gasteiger partial charge >= 0.3 is 0 Å². The fourth-order valence-electron chi connectivity index (χ4n) is 1.50. The normalized spacial score (nSPS) is 12.4. The number of aliphatic hydroxyl groups is 1. The number of benzene rings is 1. The topological polar surface area (TPSA) is 68.4 Å². The van der Waals surface area contributed by atoms with E-state index in [1.54, 1.807) is 13.0 Å². The summed E-state index contributed by atoms with van der Waals surface area (Å²) in [7, 11) is 0. The first kappa shape index (κ1) is 12.6. The Hall–Kier alpha value is -1.88. The van der Waals surface area contributed by atoms with Gasteiger partial charge in [0.05, 0.1) is 6.10 Å². The highest BCUT2D eigenvalue weighted by molar-refractivity contribution is 5.29. The SMILES string of the molecule is CCc1noc(COc2cccc([C@H](C)O)c2)n1. The van der Waals surface area contributed by atoms with Crippen molar-refractivity contribution in [2.45, 2.75) is 33.0 Å². The van der Waals surface area contributed by atoms with Gasteiger partial charge in [0.15, 0.2) is 12.4 Å². The van der Waals surface area contributed by atoms with Gasteiger partial charge in [0, 0.05) is 6.42 Å². The Balaban J connectivity index is 1.99. The molecule has 0 saturated carbocycles. The van der Waals surface area contributed by atoms with E-state index in [0.717, 1.165) is 12.0 Å². The Kier molecular flexibility index (Phi) is 3.94. The Bertz CT molecular complexity index is 508. The maximum Gasteiger partial charge on any atom is 0.264 e. The van der Waals surface area contributed by atoms with Crippen molar-refractivity contribution in [2.75, 3.05) is 0 Å². The molecule has 1 N–H and O–H groups in total. The predicted octanol–water partition coefficient (Wildman–Crippen LogP) is 2.26. The minimum absolute atomic E-state index is 0.232. The molecule has 0 aliphatic heterocycles. The summed E-state index contributed by atoms with van der Waals surface area (Å²) in [6.45, 7) is 3.91. The van der Waals surface area contributed by atoms with Crippen molar-refractivity contribution in [3.63, 3.8) is 0 Å². The molecule has 0 amide bonds. The van der Waals surface area contributed by atoms with E-state index in [9.17, 15) is 5.11 Å². The number of hydrogen-bond acceptors (Lipinski definition) is 5. The molecule has 0 fully saturated rings. The van der Waals surface area contributed by atoms with Crippen molar-refractivity contribution in [3.8, 4) is 5.75 Å². The van der Waals surface area contributed by atoms with Crippen molar-refractivity contribution in [3.05, 3.63) is 41.5 Å². The summed E-state index contributed by atoms with van der Waals surface area (Å²) in [6.07, 6.45) is 0.227. The van der Waals surface area contributed by atoms with Crippen LogP contribution in [0.2, 0.25) is 0 Å². The van der Waals surface area contributed by atoms with Gasteiger partial charge in [0.1, 0.15) is 5.75 Å². The second-order valence-electron chi connectivity index (χ2n) is 4.00. The van der Waals surface area contributed by atoms with Crippen LogP contribution in [-0.4, -0.2) is 15.2 Å². The summed E-state index contributed by atoms with van der Waals surface area (Å²) < 4.78 is 10.6. The van der Waals surface area contributed by atoms with Crippen LogP contribution in [-0.2, 0) is 13.0 Å². The van der Waals surface area contributed by atoms with Gasteiger partial charge in [0.25, 0.3) is 5.89 Å². The lowest BCUT2D eigenvalue weighted by molar-refractivity contribution is 0.197. The van der Waals surface area contributed by atoms with Gasteiger partial charge in [-0.2, -0.15) is 4.98 Å². The van der Waals surface area contributed by atoms with Crippen LogP contribution in [0.3, 0.4) is 0 Å². The average Bonchev–Trinajstić information content (AvgIpc) is 2.84. The van der Waals surface area contributed by atoms with E-state index in [4.69, 9.17) is 9.26 Å². The van der Waals surface area contributed by atoms with E-state index in [1.807, 2.05) is 25.1 Å². The molecule has 0 saturated heterocycles. The smallest absolute Gasteiger partial charge is 0.264 e. The molecular weight excluding hydrogens is 232 g/mol. The van der Waals surface area contributed by atoms with E-state index in [-0.39, 0.29) is 6.61 Å². The molecule has 18 heavy (non-hydrogen) atoms. The van der Waals surface area contributed by atoms with Crippen LogP contribution >= 0.6 is 0 Å². The lowest BCUT2D eigenvalue weighted by Crippen LogP contribution is -1.97. The highest BCUT2D eigenvalue weighted by Crippen LogP contribution is 2.19. The maximum atomic E-state index is 9.47. The summed E-state index contributed by atoms with van der Waals surface area (Å²) in [5.74, 6) is 1.80. The summed E-state index contributed by atoms with van der Waals surface area (Å²) in [4.78, 5) is 4.15. The fraction of sp³-hybridized carbons (Fsp3) is 0.385. The molecule has 1 atom stereocenters. The number of nitrogens with zero attached hydrogens (tertiary/aromatic N) is 2. The van der Waals surface area contributed by atoms with E-state index in [2.05, 4.69) is 10.1 Å². The molecule has 0 aliphatic carbocycles. The zero-order valence-electron chi connectivity index (χ0n) is 10.5. The molecule has 0 aliphatic rings. The van der Waals surface area contributed by atoms with Gasteiger partial charge in [-0.3, -0.25) is 0 Å². The standard InChI is InChI=1S/C13H16N2O3/c1-3-12-14-13(18-15-12)8-17-11-6-4-5-10(7-11)9(2)16/h4-7,9,16H,3,8H2,1-2H3/t9-/m0/s1. The summed E-state index contributed by atoms with van der Waals surface area (Å²) in [6, 6.07) is 7.30. The third-order valence-corrected chi connectivity index (χ3v) is 2.53. The van der Waals surface area contributed by atoms with Crippen LogP contribution in [0.1, 0.15) is 37.2 Å². The van der Waals surface area contributed by atoms with E-state index < -0.39 is 6.10 Å². The monoisotopic (exact) mass is 248 g/mol. The van der Waals surface area contributed by atoms with E-state index in [0.29, 0.717) is 17.5 Å².